The van der Waals surface area contributed by atoms with Crippen LogP contribution in [0.5, 0.6) is 11.5 Å². The molecular weight excluding hydrogens is 326 g/mol. The van der Waals surface area contributed by atoms with Crippen molar-refractivity contribution in [2.45, 2.75) is 25.9 Å². The lowest BCUT2D eigenvalue weighted by Gasteiger charge is -2.23. The monoisotopic (exact) mass is 345 g/mol. The Labute approximate surface area is 127 Å². The number of carbonyl (C=O) groups is 1. The Morgan fingerprint density at radius 3 is 2.40 bits per heavy atom. The van der Waals surface area contributed by atoms with Gasteiger partial charge in [-0.1, -0.05) is 0 Å². The maximum absolute atomic E-state index is 11.6. The van der Waals surface area contributed by atoms with Crippen LogP contribution in [0.4, 0.5) is 0 Å². The summed E-state index contributed by atoms with van der Waals surface area (Å²) in [4.78, 5) is 11.6. The fourth-order valence-electron chi connectivity index (χ4n) is 1.72. The summed E-state index contributed by atoms with van der Waals surface area (Å²) in [5.74, 6) is 0.968. The molecule has 0 fully saturated rings. The van der Waals surface area contributed by atoms with E-state index in [0.29, 0.717) is 18.0 Å². The minimum absolute atomic E-state index is 0.308. The number of esters is 1. The predicted molar refractivity (Wildman–Crippen MR) is 80.2 cm³/mol. The Morgan fingerprint density at radius 2 is 1.90 bits per heavy atom. The Hall–Kier alpha value is -1.27. The van der Waals surface area contributed by atoms with Gasteiger partial charge < -0.3 is 14.2 Å². The largest absolute Gasteiger partial charge is 0.493 e. The summed E-state index contributed by atoms with van der Waals surface area (Å²) in [6.45, 7) is 4.05. The molecule has 20 heavy (non-hydrogen) atoms. The van der Waals surface area contributed by atoms with Crippen LogP contribution in [-0.4, -0.2) is 32.8 Å². The van der Waals surface area contributed by atoms with Crippen molar-refractivity contribution in [3.05, 3.63) is 22.2 Å². The van der Waals surface area contributed by atoms with E-state index in [1.165, 1.54) is 7.11 Å². The average Bonchev–Trinajstić information content (AvgIpc) is 2.43. The van der Waals surface area contributed by atoms with E-state index in [1.807, 2.05) is 12.1 Å². The standard InChI is InChI=1S/C14H20BrNO4/c1-14(2,13(17)20-5)16-8-9-6-10(15)12(19-4)11(7-9)18-3/h6-7,16H,8H2,1-5H3. The fraction of sp³-hybridized carbons (Fsp3) is 0.500. The highest BCUT2D eigenvalue weighted by atomic mass is 79.9. The van der Waals surface area contributed by atoms with E-state index in [4.69, 9.17) is 14.2 Å². The van der Waals surface area contributed by atoms with Crippen LogP contribution in [0.3, 0.4) is 0 Å². The van der Waals surface area contributed by atoms with Gasteiger partial charge in [-0.3, -0.25) is 10.1 Å². The molecule has 0 aromatic heterocycles. The van der Waals surface area contributed by atoms with Crippen LogP contribution in [0, 0.1) is 0 Å². The molecule has 1 aromatic carbocycles. The Balaban J connectivity index is 2.89. The number of rotatable bonds is 6. The molecule has 0 spiro atoms. The van der Waals surface area contributed by atoms with Crippen LogP contribution in [0.15, 0.2) is 16.6 Å². The Kier molecular flexibility index (Phi) is 5.83. The lowest BCUT2D eigenvalue weighted by molar-refractivity contribution is -0.147. The van der Waals surface area contributed by atoms with Crippen LogP contribution >= 0.6 is 15.9 Å². The first-order chi connectivity index (χ1) is 9.35. The molecule has 5 nitrogen and oxygen atoms in total. The quantitative estimate of drug-likeness (QED) is 0.802. The van der Waals surface area contributed by atoms with Gasteiger partial charge in [-0.15, -0.1) is 0 Å². The summed E-state index contributed by atoms with van der Waals surface area (Å²) in [6, 6.07) is 3.78. The number of hydrogen-bond acceptors (Lipinski definition) is 5. The number of methoxy groups -OCH3 is 3. The molecule has 1 N–H and O–H groups in total. The third kappa shape index (κ3) is 3.86. The number of ether oxygens (including phenoxy) is 3. The second-order valence-electron chi connectivity index (χ2n) is 4.78. The van der Waals surface area contributed by atoms with Gasteiger partial charge in [-0.05, 0) is 47.5 Å². The minimum Gasteiger partial charge on any atom is -0.493 e. The van der Waals surface area contributed by atoms with Gasteiger partial charge in [0.1, 0.15) is 5.54 Å². The fourth-order valence-corrected chi connectivity index (χ4v) is 2.38. The van der Waals surface area contributed by atoms with Crippen molar-refractivity contribution < 1.29 is 19.0 Å². The van der Waals surface area contributed by atoms with Crippen molar-refractivity contribution >= 4 is 21.9 Å². The zero-order chi connectivity index (χ0) is 15.3. The first-order valence-electron chi connectivity index (χ1n) is 6.09. The first kappa shape index (κ1) is 16.8. The van der Waals surface area contributed by atoms with E-state index in [-0.39, 0.29) is 5.97 Å². The molecule has 0 unspecified atom stereocenters. The number of halogens is 1. The van der Waals surface area contributed by atoms with Gasteiger partial charge in [0, 0.05) is 6.54 Å². The minimum atomic E-state index is -0.756. The van der Waals surface area contributed by atoms with Gasteiger partial charge >= 0.3 is 5.97 Å². The molecule has 0 saturated carbocycles. The molecule has 0 radical (unpaired) electrons. The van der Waals surface area contributed by atoms with Crippen molar-refractivity contribution in [2.24, 2.45) is 0 Å². The van der Waals surface area contributed by atoms with Gasteiger partial charge in [-0.25, -0.2) is 0 Å². The Morgan fingerprint density at radius 1 is 1.25 bits per heavy atom. The van der Waals surface area contributed by atoms with Crippen LogP contribution in [0.1, 0.15) is 19.4 Å². The second-order valence-corrected chi connectivity index (χ2v) is 5.64. The average molecular weight is 346 g/mol. The molecule has 0 bridgehead atoms. The first-order valence-corrected chi connectivity index (χ1v) is 6.89. The summed E-state index contributed by atoms with van der Waals surface area (Å²) >= 11 is 3.44. The summed E-state index contributed by atoms with van der Waals surface area (Å²) in [5.41, 5.74) is 0.209. The molecule has 0 atom stereocenters. The number of nitrogens with one attached hydrogen (secondary N) is 1. The van der Waals surface area contributed by atoms with E-state index in [0.717, 1.165) is 10.0 Å². The van der Waals surface area contributed by atoms with Crippen LogP contribution in [0.2, 0.25) is 0 Å². The number of carbonyl (C=O) groups excluding carboxylic acids is 1. The molecule has 0 saturated heterocycles. The molecule has 0 aliphatic heterocycles. The molecule has 0 heterocycles. The molecule has 6 heteroatoms. The highest BCUT2D eigenvalue weighted by Gasteiger charge is 2.27. The maximum Gasteiger partial charge on any atom is 0.325 e. The summed E-state index contributed by atoms with van der Waals surface area (Å²) in [7, 11) is 4.54. The third-order valence-corrected chi connectivity index (χ3v) is 3.51. The molecule has 112 valence electrons. The Bertz CT molecular complexity index is 488. The van der Waals surface area contributed by atoms with Crippen molar-refractivity contribution in [3.8, 4) is 11.5 Å². The second kappa shape index (κ2) is 6.95. The lowest BCUT2D eigenvalue weighted by Crippen LogP contribution is -2.46. The van der Waals surface area contributed by atoms with Crippen molar-refractivity contribution in [1.29, 1.82) is 0 Å². The smallest absolute Gasteiger partial charge is 0.325 e. The van der Waals surface area contributed by atoms with E-state index in [1.54, 1.807) is 28.1 Å². The molecule has 1 aromatic rings. The highest BCUT2D eigenvalue weighted by molar-refractivity contribution is 9.10. The summed E-state index contributed by atoms with van der Waals surface area (Å²) in [6.07, 6.45) is 0. The molecule has 1 rings (SSSR count). The van der Waals surface area contributed by atoms with E-state index >= 15 is 0 Å². The van der Waals surface area contributed by atoms with Gasteiger partial charge in [-0.2, -0.15) is 0 Å². The normalized spacial score (nSPS) is 11.1. The van der Waals surface area contributed by atoms with E-state index in [9.17, 15) is 4.79 Å². The lowest BCUT2D eigenvalue weighted by atomic mass is 10.1. The molecular formula is C14H20BrNO4. The van der Waals surface area contributed by atoms with Gasteiger partial charge in [0.25, 0.3) is 0 Å². The molecule has 0 amide bonds. The van der Waals surface area contributed by atoms with Crippen molar-refractivity contribution in [3.63, 3.8) is 0 Å². The number of hydrogen-bond donors (Lipinski definition) is 1. The van der Waals surface area contributed by atoms with E-state index in [2.05, 4.69) is 21.2 Å². The topological polar surface area (TPSA) is 56.8 Å². The van der Waals surface area contributed by atoms with Crippen molar-refractivity contribution in [1.82, 2.24) is 5.32 Å². The van der Waals surface area contributed by atoms with Gasteiger partial charge in [0.15, 0.2) is 11.5 Å². The molecule has 0 aliphatic rings. The SMILES string of the molecule is COC(=O)C(C)(C)NCc1cc(Br)c(OC)c(OC)c1. The maximum atomic E-state index is 11.6. The molecule has 0 aliphatic carbocycles. The van der Waals surface area contributed by atoms with Crippen LogP contribution in [0.25, 0.3) is 0 Å². The van der Waals surface area contributed by atoms with Gasteiger partial charge in [0.05, 0.1) is 25.8 Å². The van der Waals surface area contributed by atoms with E-state index < -0.39 is 5.54 Å². The van der Waals surface area contributed by atoms with Crippen molar-refractivity contribution in [2.75, 3.05) is 21.3 Å². The van der Waals surface area contributed by atoms with Crippen LogP contribution in [-0.2, 0) is 16.1 Å². The van der Waals surface area contributed by atoms with Gasteiger partial charge in [0.2, 0.25) is 0 Å². The summed E-state index contributed by atoms with van der Waals surface area (Å²) in [5, 5.41) is 3.15. The highest BCUT2D eigenvalue weighted by Crippen LogP contribution is 2.36. The number of benzene rings is 1. The van der Waals surface area contributed by atoms with Crippen LogP contribution < -0.4 is 14.8 Å². The zero-order valence-corrected chi connectivity index (χ0v) is 14.0. The predicted octanol–water partition coefficient (Wildman–Crippen LogP) is 2.51. The zero-order valence-electron chi connectivity index (χ0n) is 12.4. The third-order valence-electron chi connectivity index (χ3n) is 2.92. The summed E-state index contributed by atoms with van der Waals surface area (Å²) < 4.78 is 16.1.